The predicted octanol–water partition coefficient (Wildman–Crippen LogP) is 24.3. The predicted molar refractivity (Wildman–Crippen MR) is 394 cm³/mol. The number of carboxylic acid groups (broad SMARTS) is 1. The van der Waals surface area contributed by atoms with Gasteiger partial charge in [-0.25, -0.2) is 0 Å². The van der Waals surface area contributed by atoms with Crippen LogP contribution in [0, 0.1) is 0 Å². The first-order valence-electron chi connectivity index (χ1n) is 40.3. The molecule has 0 heterocycles. The zero-order valence-corrected chi connectivity index (χ0v) is 61.9. The van der Waals surface area contributed by atoms with Gasteiger partial charge in [0, 0.05) is 12.8 Å². The lowest BCUT2D eigenvalue weighted by atomic mass is 10.0. The van der Waals surface area contributed by atoms with Crippen molar-refractivity contribution in [3.05, 3.63) is 48.6 Å². The van der Waals surface area contributed by atoms with Crippen molar-refractivity contribution in [3.63, 3.8) is 0 Å². The molecule has 0 amide bonds. The molecule has 9 heteroatoms. The number of ether oxygens (including phenoxy) is 4. The molecule has 9 nitrogen and oxygen atoms in total. The molecule has 0 aromatic rings. The van der Waals surface area contributed by atoms with E-state index in [-0.39, 0.29) is 32.2 Å². The Bertz CT molecular complexity index is 1650. The van der Waals surface area contributed by atoms with Crippen molar-refractivity contribution in [2.75, 3.05) is 47.5 Å². The number of allylic oxidation sites excluding steroid dienone is 8. The van der Waals surface area contributed by atoms with Crippen molar-refractivity contribution in [1.29, 1.82) is 0 Å². The molecule has 0 radical (unpaired) electrons. The molecule has 0 saturated heterocycles. The molecular weight excluding hydrogens is 1140 g/mol. The highest BCUT2D eigenvalue weighted by Gasteiger charge is 2.22. The van der Waals surface area contributed by atoms with Crippen LogP contribution >= 0.6 is 0 Å². The summed E-state index contributed by atoms with van der Waals surface area (Å²) in [6, 6.07) is 0. The summed E-state index contributed by atoms with van der Waals surface area (Å²) >= 11 is 0. The topological polar surface area (TPSA) is 111 Å². The van der Waals surface area contributed by atoms with Crippen molar-refractivity contribution < 1.29 is 42.9 Å². The van der Waals surface area contributed by atoms with Crippen molar-refractivity contribution in [2.45, 2.75) is 418 Å². The van der Waals surface area contributed by atoms with Gasteiger partial charge in [0.05, 0.1) is 40.3 Å². The number of esters is 2. The summed E-state index contributed by atoms with van der Waals surface area (Å²) in [4.78, 5) is 37.6. The summed E-state index contributed by atoms with van der Waals surface area (Å²) in [5.41, 5.74) is 0. The van der Waals surface area contributed by atoms with Crippen LogP contribution in [0.15, 0.2) is 48.6 Å². The maximum atomic E-state index is 13.0. The van der Waals surface area contributed by atoms with Crippen LogP contribution in [0.3, 0.4) is 0 Å². The van der Waals surface area contributed by atoms with Crippen LogP contribution in [0.5, 0.6) is 0 Å². The molecule has 0 rings (SSSR count). The minimum Gasteiger partial charge on any atom is -0.545 e. The van der Waals surface area contributed by atoms with Gasteiger partial charge < -0.3 is 33.3 Å². The van der Waals surface area contributed by atoms with E-state index in [1.54, 1.807) is 0 Å². The lowest BCUT2D eigenvalue weighted by Crippen LogP contribution is -2.44. The Balaban J connectivity index is 3.96. The minimum absolute atomic E-state index is 0.151. The smallest absolute Gasteiger partial charge is 0.306 e. The zero-order chi connectivity index (χ0) is 66.8. The average molecular weight is 1300 g/mol. The average Bonchev–Trinajstić information content (AvgIpc) is 3.75. The molecule has 0 bridgehead atoms. The van der Waals surface area contributed by atoms with Gasteiger partial charge in [0.25, 0.3) is 0 Å². The molecule has 0 spiro atoms. The molecule has 0 aliphatic heterocycles. The van der Waals surface area contributed by atoms with Crippen LogP contribution < -0.4 is 5.11 Å². The van der Waals surface area contributed by atoms with Crippen molar-refractivity contribution >= 4 is 17.9 Å². The van der Waals surface area contributed by atoms with Gasteiger partial charge in [0.2, 0.25) is 0 Å². The molecule has 0 N–H and O–H groups in total. The highest BCUT2D eigenvalue weighted by Crippen LogP contribution is 2.20. The number of carbonyl (C=O) groups excluding carboxylic acids is 3. The lowest BCUT2D eigenvalue weighted by molar-refractivity contribution is -0.870. The molecule has 0 saturated carbocycles. The van der Waals surface area contributed by atoms with Gasteiger partial charge >= 0.3 is 11.9 Å². The fraction of sp³-hybridized carbons (Fsp3) is 0.867. The van der Waals surface area contributed by atoms with Gasteiger partial charge in [-0.3, -0.25) is 9.59 Å². The number of hydrogen-bond donors (Lipinski definition) is 0. The minimum atomic E-state index is -1.62. The number of likely N-dealkylation sites (N-methyl/N-ethyl adjacent to an activating group) is 1. The van der Waals surface area contributed by atoms with E-state index in [2.05, 4.69) is 62.5 Å². The van der Waals surface area contributed by atoms with Gasteiger partial charge in [0.1, 0.15) is 13.2 Å². The molecule has 0 aliphatic rings. The van der Waals surface area contributed by atoms with Crippen LogP contribution in [0.4, 0.5) is 0 Å². The fourth-order valence-corrected chi connectivity index (χ4v) is 12.2. The largest absolute Gasteiger partial charge is 0.545 e. The summed E-state index contributed by atoms with van der Waals surface area (Å²) in [6.45, 7) is 4.72. The van der Waals surface area contributed by atoms with Crippen LogP contribution in [-0.4, -0.2) is 82.3 Å². The van der Waals surface area contributed by atoms with Gasteiger partial charge in [-0.15, -0.1) is 0 Å². The van der Waals surface area contributed by atoms with E-state index < -0.39 is 24.3 Å². The molecular formula is C83H155NO8. The van der Waals surface area contributed by atoms with Gasteiger partial charge in [-0.1, -0.05) is 390 Å². The van der Waals surface area contributed by atoms with Crippen molar-refractivity contribution in [2.24, 2.45) is 0 Å². The second-order valence-corrected chi connectivity index (χ2v) is 28.7. The third kappa shape index (κ3) is 74.6. The van der Waals surface area contributed by atoms with Gasteiger partial charge in [0.15, 0.2) is 12.4 Å². The Morgan fingerprint density at radius 1 is 0.337 bits per heavy atom. The second kappa shape index (κ2) is 74.0. The maximum Gasteiger partial charge on any atom is 0.306 e. The Morgan fingerprint density at radius 2 is 0.620 bits per heavy atom. The molecule has 92 heavy (non-hydrogen) atoms. The number of unbranched alkanes of at least 4 members (excludes halogenated alkanes) is 53. The van der Waals surface area contributed by atoms with E-state index in [1.807, 2.05) is 21.1 Å². The Kier molecular flexibility index (Phi) is 71.8. The first-order chi connectivity index (χ1) is 45.1. The first-order valence-corrected chi connectivity index (χ1v) is 40.3. The number of carboxylic acids is 1. The third-order valence-corrected chi connectivity index (χ3v) is 18.3. The normalized spacial score (nSPS) is 12.8. The lowest BCUT2D eigenvalue weighted by Gasteiger charge is -2.26. The number of hydrogen-bond acceptors (Lipinski definition) is 8. The van der Waals surface area contributed by atoms with E-state index in [0.717, 1.165) is 64.2 Å². The third-order valence-electron chi connectivity index (χ3n) is 18.3. The number of carbonyl (C=O) groups is 3. The fourth-order valence-electron chi connectivity index (χ4n) is 12.2. The number of quaternary nitrogens is 1. The highest BCUT2D eigenvalue weighted by atomic mass is 16.7. The Morgan fingerprint density at radius 3 is 0.924 bits per heavy atom. The number of aliphatic carboxylic acids is 1. The zero-order valence-electron chi connectivity index (χ0n) is 61.9. The summed E-state index contributed by atoms with van der Waals surface area (Å²) in [5.74, 6) is -2.25. The Hall–Kier alpha value is -2.75. The maximum absolute atomic E-state index is 13.0. The van der Waals surface area contributed by atoms with Crippen LogP contribution in [0.2, 0.25) is 0 Å². The summed E-state index contributed by atoms with van der Waals surface area (Å²) in [6.07, 6.45) is 93.9. The molecule has 540 valence electrons. The second-order valence-electron chi connectivity index (χ2n) is 28.7. The van der Waals surface area contributed by atoms with E-state index in [9.17, 15) is 19.5 Å². The summed E-state index contributed by atoms with van der Waals surface area (Å²) < 4.78 is 22.9. The Labute approximate surface area is 572 Å². The molecule has 0 aromatic carbocycles. The summed E-state index contributed by atoms with van der Waals surface area (Å²) in [5, 5.41) is 11.9. The van der Waals surface area contributed by atoms with Crippen molar-refractivity contribution in [3.8, 4) is 0 Å². The summed E-state index contributed by atoms with van der Waals surface area (Å²) in [7, 11) is 5.95. The molecule has 0 aliphatic carbocycles. The van der Waals surface area contributed by atoms with E-state index in [0.29, 0.717) is 17.4 Å². The van der Waals surface area contributed by atoms with Gasteiger partial charge in [-0.05, 0) is 51.4 Å². The van der Waals surface area contributed by atoms with E-state index in [1.165, 1.54) is 315 Å². The van der Waals surface area contributed by atoms with E-state index >= 15 is 0 Å². The molecule has 2 unspecified atom stereocenters. The quantitative estimate of drug-likeness (QED) is 0.0195. The first kappa shape index (κ1) is 89.2. The van der Waals surface area contributed by atoms with Crippen LogP contribution in [-0.2, 0) is 33.3 Å². The molecule has 2 atom stereocenters. The monoisotopic (exact) mass is 1290 g/mol. The standard InChI is InChI=1S/C83H155NO8/c1-6-8-10-12-14-16-18-20-22-24-26-28-30-32-34-36-38-39-40-41-42-43-44-46-48-50-52-54-56-58-60-62-64-66-68-70-72-74-81(86)92-79(78-91-83(82(87)88)89-76-75-84(3,4)5)77-90-80(85)73-71-69-67-65-63-61-59-57-55-53-51-49-47-45-37-35-33-31-29-27-25-23-21-19-17-15-13-11-9-7-2/h8,10,14,16,20,22,26,28,79,83H,6-7,9,11-13,15,17-19,21,23-25,27,29-78H2,1-5H3/b10-8-,16-14-,22-20-,28-26-. The molecule has 0 fully saturated rings. The molecule has 0 aromatic heterocycles. The van der Waals surface area contributed by atoms with E-state index in [4.69, 9.17) is 18.9 Å². The van der Waals surface area contributed by atoms with Crippen molar-refractivity contribution in [1.82, 2.24) is 0 Å². The highest BCUT2D eigenvalue weighted by molar-refractivity contribution is 5.70. The van der Waals surface area contributed by atoms with Gasteiger partial charge in [-0.2, -0.15) is 0 Å². The number of nitrogens with zero attached hydrogens (tertiary/aromatic N) is 1. The number of rotatable bonds is 76. The van der Waals surface area contributed by atoms with Crippen LogP contribution in [0.1, 0.15) is 406 Å². The SMILES string of the molecule is CC/C=C\C/C=C\C/C=C\C/C=C\CCCCCCCCCCCCCCCCCCCCCCCCCCC(=O)OC(COC(=O)CCCCCCCCCCCCCCCCCCCCCCCCCCCCCCCC)COC(OCC[N+](C)(C)C)C(=O)[O-]. The van der Waals surface area contributed by atoms with Crippen LogP contribution in [0.25, 0.3) is 0 Å².